The fourth-order valence-electron chi connectivity index (χ4n) is 1.18. The number of rotatable bonds is 0. The second-order valence-corrected chi connectivity index (χ2v) is 2.56. The highest BCUT2D eigenvalue weighted by Crippen LogP contribution is 2.32. The maximum absolute atomic E-state index is 10.9. The Hall–Kier alpha value is -2.04. The molecule has 1 aromatic carbocycles. The number of fused-ring (bicyclic) bond motifs is 1. The summed E-state index contributed by atoms with van der Waals surface area (Å²) in [5.41, 5.74) is -0.301. The van der Waals surface area contributed by atoms with Gasteiger partial charge in [0.15, 0.2) is 0 Å². The summed E-state index contributed by atoms with van der Waals surface area (Å²) in [6, 6.07) is 2.04. The fraction of sp³-hybridized carbons (Fsp3) is 0. The predicted molar refractivity (Wildman–Crippen MR) is 39.5 cm³/mol. The lowest BCUT2D eigenvalue weighted by molar-refractivity contribution is 0.0443. The van der Waals surface area contributed by atoms with Crippen LogP contribution in [0.1, 0.15) is 20.7 Å². The van der Waals surface area contributed by atoms with Crippen molar-refractivity contribution in [1.82, 2.24) is 0 Å². The maximum Gasteiger partial charge on any atom is 0.350 e. The van der Waals surface area contributed by atoms with Crippen molar-refractivity contribution in [2.24, 2.45) is 0 Å². The summed E-state index contributed by atoms with van der Waals surface area (Å²) in [5.74, 6) is -2.49. The number of carbonyl (C=O) groups is 2. The third-order valence-electron chi connectivity index (χ3n) is 1.71. The van der Waals surface area contributed by atoms with Gasteiger partial charge in [0.05, 0.1) is 5.56 Å². The zero-order chi connectivity index (χ0) is 9.59. The Morgan fingerprint density at radius 2 is 1.77 bits per heavy atom. The van der Waals surface area contributed by atoms with Gasteiger partial charge in [0.1, 0.15) is 17.1 Å². The first-order valence-electron chi connectivity index (χ1n) is 3.42. The molecule has 1 aliphatic heterocycles. The Kier molecular flexibility index (Phi) is 1.30. The van der Waals surface area contributed by atoms with Crippen LogP contribution < -0.4 is 0 Å². The Balaban J connectivity index is 2.77. The highest BCUT2D eigenvalue weighted by molar-refractivity contribution is 6.16. The van der Waals surface area contributed by atoms with Crippen molar-refractivity contribution < 1.29 is 24.5 Å². The van der Waals surface area contributed by atoms with E-state index >= 15 is 0 Å². The minimum Gasteiger partial charge on any atom is -0.508 e. The minimum absolute atomic E-state index is 0.109. The first kappa shape index (κ1) is 7.60. The molecule has 0 saturated heterocycles. The van der Waals surface area contributed by atoms with E-state index in [1.165, 1.54) is 0 Å². The maximum atomic E-state index is 10.9. The molecule has 0 amide bonds. The summed E-state index contributed by atoms with van der Waals surface area (Å²) in [6.07, 6.45) is 0. The van der Waals surface area contributed by atoms with Crippen LogP contribution in [0.3, 0.4) is 0 Å². The van der Waals surface area contributed by atoms with Crippen molar-refractivity contribution in [3.63, 3.8) is 0 Å². The number of benzene rings is 1. The fourth-order valence-corrected chi connectivity index (χ4v) is 1.18. The highest BCUT2D eigenvalue weighted by Gasteiger charge is 2.33. The van der Waals surface area contributed by atoms with Crippen LogP contribution in [0.2, 0.25) is 0 Å². The van der Waals surface area contributed by atoms with Crippen molar-refractivity contribution >= 4 is 11.9 Å². The van der Waals surface area contributed by atoms with Gasteiger partial charge in [-0.1, -0.05) is 0 Å². The molecule has 0 atom stereocenters. The number of phenolic OH excluding ortho intramolecular Hbond substituents is 2. The van der Waals surface area contributed by atoms with Gasteiger partial charge in [-0.2, -0.15) is 0 Å². The first-order chi connectivity index (χ1) is 6.09. The molecule has 0 unspecified atom stereocenters. The summed E-state index contributed by atoms with van der Waals surface area (Å²) in [4.78, 5) is 21.8. The van der Waals surface area contributed by atoms with E-state index < -0.39 is 17.7 Å². The Bertz CT molecular complexity index is 421. The van der Waals surface area contributed by atoms with E-state index in [2.05, 4.69) is 4.74 Å². The number of esters is 2. The quantitative estimate of drug-likeness (QED) is 0.446. The minimum atomic E-state index is -0.891. The molecule has 1 aromatic rings. The molecule has 0 fully saturated rings. The van der Waals surface area contributed by atoms with Gasteiger partial charge in [0.25, 0.3) is 0 Å². The number of hydrogen-bond acceptors (Lipinski definition) is 5. The molecule has 2 N–H and O–H groups in total. The second-order valence-electron chi connectivity index (χ2n) is 2.56. The molecule has 0 aliphatic carbocycles. The van der Waals surface area contributed by atoms with Gasteiger partial charge in [-0.15, -0.1) is 0 Å². The van der Waals surface area contributed by atoms with Crippen molar-refractivity contribution in [1.29, 1.82) is 0 Å². The van der Waals surface area contributed by atoms with Gasteiger partial charge >= 0.3 is 11.9 Å². The van der Waals surface area contributed by atoms with Crippen LogP contribution in [0.5, 0.6) is 11.5 Å². The molecule has 66 valence electrons. The van der Waals surface area contributed by atoms with Crippen LogP contribution >= 0.6 is 0 Å². The van der Waals surface area contributed by atoms with Gasteiger partial charge in [0.2, 0.25) is 0 Å². The Labute approximate surface area is 72.2 Å². The van der Waals surface area contributed by atoms with Gasteiger partial charge in [-0.25, -0.2) is 9.59 Å². The number of carbonyl (C=O) groups excluding carboxylic acids is 2. The number of cyclic esters (lactones) is 2. The van der Waals surface area contributed by atoms with Gasteiger partial charge in [-0.05, 0) is 6.07 Å². The topological polar surface area (TPSA) is 83.8 Å². The molecule has 1 heterocycles. The number of ether oxygens (including phenoxy) is 1. The van der Waals surface area contributed by atoms with E-state index in [0.29, 0.717) is 0 Å². The van der Waals surface area contributed by atoms with E-state index in [9.17, 15) is 14.7 Å². The van der Waals surface area contributed by atoms with Crippen molar-refractivity contribution in [2.75, 3.05) is 0 Å². The predicted octanol–water partition coefficient (Wildman–Crippen LogP) is 0.408. The zero-order valence-corrected chi connectivity index (χ0v) is 6.27. The molecular weight excluding hydrogens is 176 g/mol. The number of phenols is 2. The molecule has 5 heteroatoms. The molecule has 0 bridgehead atoms. The summed E-state index contributed by atoms with van der Waals surface area (Å²) >= 11 is 0. The van der Waals surface area contributed by atoms with Crippen LogP contribution in [-0.2, 0) is 4.74 Å². The van der Waals surface area contributed by atoms with Crippen LogP contribution in [0.4, 0.5) is 0 Å². The SMILES string of the molecule is O=C1OC(=O)c2c(O)cc(O)cc21. The molecule has 2 rings (SSSR count). The van der Waals surface area contributed by atoms with Crippen molar-refractivity contribution in [2.45, 2.75) is 0 Å². The normalized spacial score (nSPS) is 14.2. The summed E-state index contributed by atoms with van der Waals surface area (Å²) < 4.78 is 4.22. The van der Waals surface area contributed by atoms with Crippen LogP contribution in [-0.4, -0.2) is 22.2 Å². The first-order valence-corrected chi connectivity index (χ1v) is 3.42. The smallest absolute Gasteiger partial charge is 0.350 e. The molecule has 0 aromatic heterocycles. The summed E-state index contributed by atoms with van der Waals surface area (Å²) in [5, 5.41) is 18.2. The lowest BCUT2D eigenvalue weighted by Gasteiger charge is -1.97. The monoisotopic (exact) mass is 180 g/mol. The second kappa shape index (κ2) is 2.22. The zero-order valence-electron chi connectivity index (χ0n) is 6.27. The average molecular weight is 180 g/mol. The van der Waals surface area contributed by atoms with Crippen molar-refractivity contribution in [3.8, 4) is 11.5 Å². The van der Waals surface area contributed by atoms with Gasteiger partial charge in [0, 0.05) is 6.07 Å². The molecular formula is C8H4O5. The molecule has 1 aliphatic rings. The molecule has 0 radical (unpaired) electrons. The molecule has 5 nitrogen and oxygen atoms in total. The van der Waals surface area contributed by atoms with Gasteiger partial charge in [-0.3, -0.25) is 0 Å². The number of aromatic hydroxyl groups is 2. The Morgan fingerprint density at radius 3 is 2.46 bits per heavy atom. The van der Waals surface area contributed by atoms with E-state index in [-0.39, 0.29) is 16.9 Å². The van der Waals surface area contributed by atoms with Crippen LogP contribution in [0.25, 0.3) is 0 Å². The van der Waals surface area contributed by atoms with E-state index in [1.807, 2.05) is 0 Å². The molecule has 0 saturated carbocycles. The van der Waals surface area contributed by atoms with Gasteiger partial charge < -0.3 is 14.9 Å². The van der Waals surface area contributed by atoms with E-state index in [0.717, 1.165) is 12.1 Å². The van der Waals surface area contributed by atoms with Crippen LogP contribution in [0.15, 0.2) is 12.1 Å². The van der Waals surface area contributed by atoms with E-state index in [1.54, 1.807) is 0 Å². The third kappa shape index (κ3) is 0.936. The lowest BCUT2D eigenvalue weighted by atomic mass is 10.1. The number of hydrogen-bond donors (Lipinski definition) is 2. The lowest BCUT2D eigenvalue weighted by Crippen LogP contribution is -1.97. The summed E-state index contributed by atoms with van der Waals surface area (Å²) in [7, 11) is 0. The largest absolute Gasteiger partial charge is 0.508 e. The van der Waals surface area contributed by atoms with E-state index in [4.69, 9.17) is 5.11 Å². The van der Waals surface area contributed by atoms with Crippen LogP contribution in [0, 0.1) is 0 Å². The Morgan fingerprint density at radius 1 is 1.08 bits per heavy atom. The highest BCUT2D eigenvalue weighted by atomic mass is 16.6. The third-order valence-corrected chi connectivity index (χ3v) is 1.71. The summed E-state index contributed by atoms with van der Waals surface area (Å²) in [6.45, 7) is 0. The average Bonchev–Trinajstić information content (AvgIpc) is 2.27. The molecule has 0 spiro atoms. The van der Waals surface area contributed by atoms with Crippen molar-refractivity contribution in [3.05, 3.63) is 23.3 Å². The standard InChI is InChI=1S/C8H4O5/c9-3-1-4-6(5(10)2-3)8(12)13-7(4)11/h1-2,9-10H. The molecule has 13 heavy (non-hydrogen) atoms.